The molecule has 1 aliphatic rings. The molecule has 0 saturated carbocycles. The van der Waals surface area contributed by atoms with Gasteiger partial charge in [0, 0.05) is 5.69 Å². The number of hydrogen-bond donors (Lipinski definition) is 3. The van der Waals surface area contributed by atoms with Crippen molar-refractivity contribution in [2.24, 2.45) is 0 Å². The summed E-state index contributed by atoms with van der Waals surface area (Å²) in [5, 5.41) is 15.4. The van der Waals surface area contributed by atoms with Gasteiger partial charge in [0.1, 0.15) is 5.75 Å². The van der Waals surface area contributed by atoms with Crippen molar-refractivity contribution in [2.75, 3.05) is 11.9 Å². The Labute approximate surface area is 101 Å². The molecule has 1 aromatic carbocycles. The molecule has 0 unspecified atom stereocenters. The third-order valence-corrected chi connectivity index (χ3v) is 3.09. The monoisotopic (exact) mass is 234 g/mol. The number of hydrogen-bond acceptors (Lipinski definition) is 3. The molecule has 17 heavy (non-hydrogen) atoms. The largest absolute Gasteiger partial charge is 0.508 e. The fourth-order valence-corrected chi connectivity index (χ4v) is 2.08. The van der Waals surface area contributed by atoms with Gasteiger partial charge in [-0.1, -0.05) is 6.42 Å². The Bertz CT molecular complexity index is 412. The minimum atomic E-state index is -0.0862. The Morgan fingerprint density at radius 3 is 2.94 bits per heavy atom. The second kappa shape index (κ2) is 5.19. The van der Waals surface area contributed by atoms with E-state index in [1.54, 1.807) is 18.2 Å². The van der Waals surface area contributed by atoms with Gasteiger partial charge in [-0.3, -0.25) is 4.79 Å². The lowest BCUT2D eigenvalue weighted by Gasteiger charge is -2.22. The summed E-state index contributed by atoms with van der Waals surface area (Å²) in [6, 6.07) is 4.86. The minimum Gasteiger partial charge on any atom is -0.508 e. The van der Waals surface area contributed by atoms with E-state index in [1.165, 1.54) is 0 Å². The number of phenolic OH excluding ortho intramolecular Hbond substituents is 1. The number of amides is 1. The molecule has 1 heterocycles. The zero-order chi connectivity index (χ0) is 12.3. The number of aryl methyl sites for hydroxylation is 1. The van der Waals surface area contributed by atoms with Crippen molar-refractivity contribution in [3.05, 3.63) is 23.8 Å². The molecule has 1 fully saturated rings. The summed E-state index contributed by atoms with van der Waals surface area (Å²) >= 11 is 0. The number of benzene rings is 1. The highest BCUT2D eigenvalue weighted by atomic mass is 16.3. The molecule has 92 valence electrons. The Kier molecular flexibility index (Phi) is 3.64. The average Bonchev–Trinajstić information content (AvgIpc) is 2.34. The van der Waals surface area contributed by atoms with Crippen molar-refractivity contribution >= 4 is 11.6 Å². The van der Waals surface area contributed by atoms with Crippen LogP contribution in [0.15, 0.2) is 18.2 Å². The molecule has 0 aliphatic carbocycles. The number of phenols is 1. The van der Waals surface area contributed by atoms with Crippen molar-refractivity contribution in [3.8, 4) is 5.75 Å². The highest BCUT2D eigenvalue weighted by molar-refractivity contribution is 5.95. The molecule has 0 spiro atoms. The van der Waals surface area contributed by atoms with Crippen LogP contribution in [0.2, 0.25) is 0 Å². The van der Waals surface area contributed by atoms with Crippen LogP contribution in [0.3, 0.4) is 0 Å². The first kappa shape index (κ1) is 11.9. The molecule has 1 atom stereocenters. The van der Waals surface area contributed by atoms with Gasteiger partial charge in [-0.15, -0.1) is 0 Å². The van der Waals surface area contributed by atoms with E-state index in [9.17, 15) is 9.90 Å². The van der Waals surface area contributed by atoms with E-state index in [1.807, 2.05) is 6.92 Å². The lowest BCUT2D eigenvalue weighted by Crippen LogP contribution is -2.43. The van der Waals surface area contributed by atoms with Gasteiger partial charge in [-0.2, -0.15) is 0 Å². The molecule has 0 radical (unpaired) electrons. The molecule has 3 N–H and O–H groups in total. The molecule has 1 aliphatic heterocycles. The normalized spacial score (nSPS) is 19.9. The summed E-state index contributed by atoms with van der Waals surface area (Å²) in [6.45, 7) is 2.77. The zero-order valence-electron chi connectivity index (χ0n) is 9.99. The number of aromatic hydroxyl groups is 1. The Hall–Kier alpha value is -1.55. The maximum atomic E-state index is 12.0. The number of piperidine rings is 1. The lowest BCUT2D eigenvalue weighted by atomic mass is 10.0. The van der Waals surface area contributed by atoms with E-state index in [0.29, 0.717) is 0 Å². The highest BCUT2D eigenvalue weighted by Crippen LogP contribution is 2.20. The lowest BCUT2D eigenvalue weighted by molar-refractivity contribution is -0.118. The standard InChI is InChI=1S/C13H18N2O2/c1-9-8-10(16)5-6-11(9)15-13(17)12-4-2-3-7-14-12/h5-6,8,12,14,16H,2-4,7H2,1H3,(H,15,17)/t12-/m0/s1. The molecule has 1 aromatic rings. The topological polar surface area (TPSA) is 61.4 Å². The van der Waals surface area contributed by atoms with Gasteiger partial charge >= 0.3 is 0 Å². The van der Waals surface area contributed by atoms with Gasteiger partial charge < -0.3 is 15.7 Å². The van der Waals surface area contributed by atoms with E-state index in [4.69, 9.17) is 0 Å². The van der Waals surface area contributed by atoms with Gasteiger partial charge in [-0.05, 0) is 50.1 Å². The van der Waals surface area contributed by atoms with Crippen LogP contribution in [0, 0.1) is 6.92 Å². The molecular weight excluding hydrogens is 216 g/mol. The van der Waals surface area contributed by atoms with Crippen molar-refractivity contribution in [1.82, 2.24) is 5.32 Å². The summed E-state index contributed by atoms with van der Waals surface area (Å²) in [7, 11) is 0. The third-order valence-electron chi connectivity index (χ3n) is 3.09. The van der Waals surface area contributed by atoms with E-state index < -0.39 is 0 Å². The average molecular weight is 234 g/mol. The summed E-state index contributed by atoms with van der Waals surface area (Å²) in [4.78, 5) is 12.0. The van der Waals surface area contributed by atoms with Crippen LogP contribution in [0.1, 0.15) is 24.8 Å². The van der Waals surface area contributed by atoms with Crippen LogP contribution in [-0.2, 0) is 4.79 Å². The van der Waals surface area contributed by atoms with E-state index >= 15 is 0 Å². The van der Waals surface area contributed by atoms with Gasteiger partial charge in [0.25, 0.3) is 0 Å². The molecule has 0 bridgehead atoms. The maximum absolute atomic E-state index is 12.0. The van der Waals surface area contributed by atoms with Gasteiger partial charge in [-0.25, -0.2) is 0 Å². The highest BCUT2D eigenvalue weighted by Gasteiger charge is 2.20. The Morgan fingerprint density at radius 2 is 2.29 bits per heavy atom. The van der Waals surface area contributed by atoms with Crippen molar-refractivity contribution < 1.29 is 9.90 Å². The van der Waals surface area contributed by atoms with Crippen LogP contribution in [0.25, 0.3) is 0 Å². The van der Waals surface area contributed by atoms with Gasteiger partial charge in [0.05, 0.1) is 6.04 Å². The van der Waals surface area contributed by atoms with Crippen molar-refractivity contribution in [2.45, 2.75) is 32.2 Å². The first-order valence-corrected chi connectivity index (χ1v) is 6.00. The van der Waals surface area contributed by atoms with Gasteiger partial charge in [0.15, 0.2) is 0 Å². The quantitative estimate of drug-likeness (QED) is 0.684. The molecule has 4 nitrogen and oxygen atoms in total. The minimum absolute atomic E-state index is 0.0125. The van der Waals surface area contributed by atoms with E-state index in [-0.39, 0.29) is 17.7 Å². The fraction of sp³-hybridized carbons (Fsp3) is 0.462. The fourth-order valence-electron chi connectivity index (χ4n) is 2.08. The van der Waals surface area contributed by atoms with Crippen molar-refractivity contribution in [3.63, 3.8) is 0 Å². The summed E-state index contributed by atoms with van der Waals surface area (Å²) in [5.74, 6) is 0.231. The van der Waals surface area contributed by atoms with Crippen LogP contribution in [-0.4, -0.2) is 23.6 Å². The van der Waals surface area contributed by atoms with E-state index in [2.05, 4.69) is 10.6 Å². The molecule has 2 rings (SSSR count). The molecular formula is C13H18N2O2. The molecule has 4 heteroatoms. The summed E-state index contributed by atoms with van der Waals surface area (Å²) in [6.07, 6.45) is 3.13. The number of rotatable bonds is 2. The number of nitrogens with one attached hydrogen (secondary N) is 2. The predicted molar refractivity (Wildman–Crippen MR) is 67.1 cm³/mol. The number of carbonyl (C=O) groups excluding carboxylic acids is 1. The third kappa shape index (κ3) is 2.97. The smallest absolute Gasteiger partial charge is 0.241 e. The number of carbonyl (C=O) groups is 1. The Balaban J connectivity index is 2.02. The predicted octanol–water partition coefficient (Wildman–Crippen LogP) is 1.78. The van der Waals surface area contributed by atoms with E-state index in [0.717, 1.165) is 37.1 Å². The molecule has 1 saturated heterocycles. The van der Waals surface area contributed by atoms with Crippen LogP contribution in [0.5, 0.6) is 5.75 Å². The first-order chi connectivity index (χ1) is 8.16. The maximum Gasteiger partial charge on any atom is 0.241 e. The van der Waals surface area contributed by atoms with Crippen molar-refractivity contribution in [1.29, 1.82) is 0 Å². The summed E-state index contributed by atoms with van der Waals surface area (Å²) < 4.78 is 0. The summed E-state index contributed by atoms with van der Waals surface area (Å²) in [5.41, 5.74) is 1.63. The molecule has 0 aromatic heterocycles. The molecule has 1 amide bonds. The second-order valence-electron chi connectivity index (χ2n) is 4.49. The SMILES string of the molecule is Cc1cc(O)ccc1NC(=O)[C@@H]1CCCCN1. The first-order valence-electron chi connectivity index (χ1n) is 6.00. The zero-order valence-corrected chi connectivity index (χ0v) is 9.99. The van der Waals surface area contributed by atoms with Crippen LogP contribution < -0.4 is 10.6 Å². The van der Waals surface area contributed by atoms with Crippen LogP contribution in [0.4, 0.5) is 5.69 Å². The van der Waals surface area contributed by atoms with Gasteiger partial charge in [0.2, 0.25) is 5.91 Å². The number of anilines is 1. The van der Waals surface area contributed by atoms with Crippen LogP contribution >= 0.6 is 0 Å². The second-order valence-corrected chi connectivity index (χ2v) is 4.49. The Morgan fingerprint density at radius 1 is 1.47 bits per heavy atom.